The van der Waals surface area contributed by atoms with E-state index in [1.807, 2.05) is 0 Å². The number of rotatable bonds is 5. The van der Waals surface area contributed by atoms with Gasteiger partial charge in [-0.15, -0.1) is 0 Å². The summed E-state index contributed by atoms with van der Waals surface area (Å²) in [6.45, 7) is 0.316. The summed E-state index contributed by atoms with van der Waals surface area (Å²) in [5.41, 5.74) is 0.777. The first-order chi connectivity index (χ1) is 13.8. The average molecular weight is 419 g/mol. The molecule has 1 aliphatic heterocycles. The molecule has 0 bridgehead atoms. The van der Waals surface area contributed by atoms with Crippen LogP contribution in [0.2, 0.25) is 0 Å². The van der Waals surface area contributed by atoms with Crippen LogP contribution >= 0.6 is 0 Å². The van der Waals surface area contributed by atoms with Crippen molar-refractivity contribution in [2.45, 2.75) is 17.0 Å². The summed E-state index contributed by atoms with van der Waals surface area (Å²) in [5.74, 6) is -0.983. The van der Waals surface area contributed by atoms with E-state index in [-0.39, 0.29) is 35.9 Å². The van der Waals surface area contributed by atoms with Crippen molar-refractivity contribution in [2.75, 3.05) is 18.4 Å². The zero-order valence-electron chi connectivity index (χ0n) is 15.5. The topological polar surface area (TPSA) is 80.1 Å². The molecule has 3 heterocycles. The van der Waals surface area contributed by atoms with E-state index in [2.05, 4.69) is 15.3 Å². The van der Waals surface area contributed by atoms with Gasteiger partial charge < -0.3 is 9.88 Å². The van der Waals surface area contributed by atoms with Gasteiger partial charge in [0, 0.05) is 38.3 Å². The first kappa shape index (κ1) is 19.5. The third-order valence-electron chi connectivity index (χ3n) is 4.92. The molecular formula is C19H19F2N5O2S. The van der Waals surface area contributed by atoms with Gasteiger partial charge in [0.25, 0.3) is 10.0 Å². The number of sulfonamides is 1. The molecule has 4 rings (SSSR count). The van der Waals surface area contributed by atoms with Gasteiger partial charge in [0.05, 0.1) is 6.33 Å². The summed E-state index contributed by atoms with van der Waals surface area (Å²) in [4.78, 5) is 7.77. The lowest BCUT2D eigenvalue weighted by molar-refractivity contribution is 0.468. The van der Waals surface area contributed by atoms with Crippen LogP contribution in [0.3, 0.4) is 0 Å². The Morgan fingerprint density at radius 1 is 1.10 bits per heavy atom. The lowest BCUT2D eigenvalue weighted by Crippen LogP contribution is -2.32. The van der Waals surface area contributed by atoms with Crippen LogP contribution in [0, 0.1) is 11.8 Å². The maximum Gasteiger partial charge on any atom is 0.262 e. The Balaban J connectivity index is 1.66. The van der Waals surface area contributed by atoms with Crippen molar-refractivity contribution < 1.29 is 17.2 Å². The molecule has 152 valence electrons. The monoisotopic (exact) mass is 419 g/mol. The Morgan fingerprint density at radius 2 is 1.86 bits per heavy atom. The van der Waals surface area contributed by atoms with E-state index in [0.29, 0.717) is 5.82 Å². The van der Waals surface area contributed by atoms with Crippen molar-refractivity contribution >= 4 is 15.8 Å². The predicted molar refractivity (Wildman–Crippen MR) is 103 cm³/mol. The van der Waals surface area contributed by atoms with Gasteiger partial charge in [-0.1, -0.05) is 18.2 Å². The molecule has 1 fully saturated rings. The number of anilines is 1. The number of aryl methyl sites for hydroxylation is 1. The molecule has 1 saturated heterocycles. The molecule has 0 spiro atoms. The third kappa shape index (κ3) is 3.99. The quantitative estimate of drug-likeness (QED) is 0.643. The number of pyridine rings is 1. The highest BCUT2D eigenvalue weighted by Crippen LogP contribution is 2.33. The van der Waals surface area contributed by atoms with Crippen LogP contribution in [0.5, 0.6) is 0 Å². The maximum absolute atomic E-state index is 13.5. The smallest absolute Gasteiger partial charge is 0.262 e. The lowest BCUT2D eigenvalue weighted by atomic mass is 9.94. The standard InChI is InChI=1S/C19H19F2N5O2S/c1-25-11-19(22-12-25)29(27,28)26-9-15(13-5-7-14(20)8-6-13)16(10-26)23-18-4-2-3-17(21)24-18/h2-8,11-12,15-16H,9-10H2,1H3,(H,23,24)/t15-,16+/m1/s1. The molecule has 7 nitrogen and oxygen atoms in total. The first-order valence-corrected chi connectivity index (χ1v) is 10.4. The highest BCUT2D eigenvalue weighted by molar-refractivity contribution is 7.89. The molecule has 3 aromatic rings. The number of aromatic nitrogens is 3. The van der Waals surface area contributed by atoms with Gasteiger partial charge in [0.2, 0.25) is 5.95 Å². The van der Waals surface area contributed by atoms with E-state index in [1.54, 1.807) is 29.8 Å². The second-order valence-corrected chi connectivity index (χ2v) is 8.84. The molecule has 2 aromatic heterocycles. The van der Waals surface area contributed by atoms with Crippen LogP contribution < -0.4 is 5.32 Å². The Hall–Kier alpha value is -2.85. The van der Waals surface area contributed by atoms with Gasteiger partial charge >= 0.3 is 0 Å². The molecule has 0 radical (unpaired) electrons. The number of hydrogen-bond donors (Lipinski definition) is 1. The highest BCUT2D eigenvalue weighted by Gasteiger charge is 2.41. The molecule has 1 N–H and O–H groups in total. The SMILES string of the molecule is Cn1cnc(S(=O)(=O)N2C[C@H](Nc3cccc(F)n3)[C@@H](c3ccc(F)cc3)C2)c1. The van der Waals surface area contributed by atoms with Crippen molar-refractivity contribution in [2.24, 2.45) is 7.05 Å². The van der Waals surface area contributed by atoms with Crippen LogP contribution in [-0.4, -0.2) is 46.4 Å². The summed E-state index contributed by atoms with van der Waals surface area (Å²) in [6.07, 6.45) is 2.87. The molecule has 0 aliphatic carbocycles. The zero-order valence-corrected chi connectivity index (χ0v) is 16.4. The molecule has 1 aliphatic rings. The van der Waals surface area contributed by atoms with Gasteiger partial charge in [0.1, 0.15) is 11.6 Å². The fraction of sp³-hybridized carbons (Fsp3) is 0.263. The van der Waals surface area contributed by atoms with Crippen LogP contribution in [0.4, 0.5) is 14.6 Å². The van der Waals surface area contributed by atoms with E-state index in [9.17, 15) is 17.2 Å². The normalized spacial score (nSPS) is 20.1. The fourth-order valence-corrected chi connectivity index (χ4v) is 4.95. The minimum absolute atomic E-state index is 0.0395. The minimum Gasteiger partial charge on any atom is -0.365 e. The molecule has 10 heteroatoms. The van der Waals surface area contributed by atoms with E-state index in [1.165, 1.54) is 41.1 Å². The van der Waals surface area contributed by atoms with Crippen molar-refractivity contribution in [3.8, 4) is 0 Å². The van der Waals surface area contributed by atoms with Crippen LogP contribution in [0.15, 0.2) is 60.0 Å². The summed E-state index contributed by atoms with van der Waals surface area (Å²) in [7, 11) is -2.12. The molecule has 0 amide bonds. The van der Waals surface area contributed by atoms with Crippen LogP contribution in [0.25, 0.3) is 0 Å². The second kappa shape index (κ2) is 7.53. The van der Waals surface area contributed by atoms with Gasteiger partial charge in [0.15, 0.2) is 5.03 Å². The number of benzene rings is 1. The molecule has 0 unspecified atom stereocenters. The average Bonchev–Trinajstić information content (AvgIpc) is 3.30. The Labute approximate surface area is 167 Å². The largest absolute Gasteiger partial charge is 0.365 e. The molecule has 0 saturated carbocycles. The fourth-order valence-electron chi connectivity index (χ4n) is 3.49. The lowest BCUT2D eigenvalue weighted by Gasteiger charge is -2.20. The van der Waals surface area contributed by atoms with E-state index < -0.39 is 16.0 Å². The number of nitrogens with zero attached hydrogens (tertiary/aromatic N) is 4. The van der Waals surface area contributed by atoms with Gasteiger partial charge in [-0.2, -0.15) is 8.70 Å². The summed E-state index contributed by atoms with van der Waals surface area (Å²) >= 11 is 0. The summed E-state index contributed by atoms with van der Waals surface area (Å²) in [6, 6.07) is 9.92. The zero-order chi connectivity index (χ0) is 20.6. The minimum atomic E-state index is -3.81. The van der Waals surface area contributed by atoms with Crippen molar-refractivity contribution in [3.05, 3.63) is 72.3 Å². The van der Waals surface area contributed by atoms with Gasteiger partial charge in [-0.25, -0.2) is 22.8 Å². The highest BCUT2D eigenvalue weighted by atomic mass is 32.2. The maximum atomic E-state index is 13.5. The van der Waals surface area contributed by atoms with Crippen molar-refractivity contribution in [1.29, 1.82) is 0 Å². The number of nitrogens with one attached hydrogen (secondary N) is 1. The molecule has 29 heavy (non-hydrogen) atoms. The predicted octanol–water partition coefficient (Wildman–Crippen LogP) is 2.36. The summed E-state index contributed by atoms with van der Waals surface area (Å²) in [5, 5.41) is 3.09. The number of halogens is 2. The Bertz CT molecular complexity index is 1120. The van der Waals surface area contributed by atoms with E-state index >= 15 is 0 Å². The Kier molecular flexibility index (Phi) is 5.05. The number of hydrogen-bond acceptors (Lipinski definition) is 5. The van der Waals surface area contributed by atoms with Crippen molar-refractivity contribution in [3.63, 3.8) is 0 Å². The molecular weight excluding hydrogens is 400 g/mol. The van der Waals surface area contributed by atoms with E-state index in [4.69, 9.17) is 0 Å². The van der Waals surface area contributed by atoms with Crippen molar-refractivity contribution in [1.82, 2.24) is 18.8 Å². The Morgan fingerprint density at radius 3 is 2.52 bits per heavy atom. The second-order valence-electron chi connectivity index (χ2n) is 6.95. The van der Waals surface area contributed by atoms with E-state index in [0.717, 1.165) is 5.56 Å². The summed E-state index contributed by atoms with van der Waals surface area (Å²) < 4.78 is 55.8. The molecule has 2 atom stereocenters. The van der Waals surface area contributed by atoms with Crippen LogP contribution in [0.1, 0.15) is 11.5 Å². The van der Waals surface area contributed by atoms with Gasteiger partial charge in [-0.05, 0) is 29.8 Å². The van der Waals surface area contributed by atoms with Gasteiger partial charge in [-0.3, -0.25) is 0 Å². The van der Waals surface area contributed by atoms with Crippen LogP contribution in [-0.2, 0) is 17.1 Å². The number of imidazole rings is 1. The first-order valence-electron chi connectivity index (χ1n) is 8.95. The third-order valence-corrected chi connectivity index (χ3v) is 6.64. The molecule has 1 aromatic carbocycles.